The van der Waals surface area contributed by atoms with Crippen LogP contribution in [0, 0.1) is 6.92 Å². The lowest BCUT2D eigenvalue weighted by molar-refractivity contribution is 0.293. The van der Waals surface area contributed by atoms with E-state index in [0.717, 1.165) is 35.2 Å². The Morgan fingerprint density at radius 3 is 2.48 bits per heavy atom. The van der Waals surface area contributed by atoms with E-state index in [2.05, 4.69) is 22.9 Å². The fraction of sp³-hybridized carbons (Fsp3) is 0.333. The first-order chi connectivity index (χ1) is 13.0. The summed E-state index contributed by atoms with van der Waals surface area (Å²) in [5.74, 6) is 0. The van der Waals surface area contributed by atoms with Crippen molar-refractivity contribution in [2.75, 3.05) is 25.0 Å². The van der Waals surface area contributed by atoms with Gasteiger partial charge in [0.05, 0.1) is 10.4 Å². The molecule has 2 atom stereocenters. The van der Waals surface area contributed by atoms with E-state index in [-0.39, 0.29) is 0 Å². The molecule has 1 aromatic heterocycles. The van der Waals surface area contributed by atoms with Crippen LogP contribution in [-0.2, 0) is 10.0 Å². The average molecular weight is 382 g/mol. The van der Waals surface area contributed by atoms with Crippen molar-refractivity contribution in [1.29, 1.82) is 0 Å². The molecule has 2 aliphatic rings. The first kappa shape index (κ1) is 16.8. The molecule has 3 aromatic rings. The highest BCUT2D eigenvalue weighted by Gasteiger charge is 2.42. The zero-order valence-corrected chi connectivity index (χ0v) is 16.4. The molecule has 2 unspecified atom stereocenters. The number of hydrogen-bond acceptors (Lipinski definition) is 4. The molecule has 2 aromatic carbocycles. The van der Waals surface area contributed by atoms with Gasteiger partial charge in [-0.25, -0.2) is 12.4 Å². The number of likely N-dealkylation sites (N-methyl/N-ethyl adjacent to an activating group) is 1. The van der Waals surface area contributed by atoms with Gasteiger partial charge >= 0.3 is 0 Å². The van der Waals surface area contributed by atoms with Gasteiger partial charge in [-0.05, 0) is 50.2 Å². The molecule has 0 radical (unpaired) electrons. The van der Waals surface area contributed by atoms with Crippen LogP contribution in [0.2, 0.25) is 0 Å². The SMILES string of the molecule is Cc1ccccc1S(=O)(=O)n1ccc2c(N3CC4CC3CN4C)cccc21. The van der Waals surface area contributed by atoms with Crippen LogP contribution in [0.1, 0.15) is 12.0 Å². The molecular formula is C21H23N3O2S. The minimum Gasteiger partial charge on any atom is -0.365 e. The summed E-state index contributed by atoms with van der Waals surface area (Å²) in [6.07, 6.45) is 2.88. The van der Waals surface area contributed by atoms with Gasteiger partial charge in [0.15, 0.2) is 0 Å². The van der Waals surface area contributed by atoms with E-state index in [0.29, 0.717) is 17.0 Å². The Kier molecular flexibility index (Phi) is 3.64. The molecule has 2 aliphatic heterocycles. The van der Waals surface area contributed by atoms with Gasteiger partial charge in [0.25, 0.3) is 10.0 Å². The molecule has 0 aliphatic carbocycles. The van der Waals surface area contributed by atoms with Gasteiger partial charge < -0.3 is 4.90 Å². The smallest absolute Gasteiger partial charge is 0.268 e. The Morgan fingerprint density at radius 1 is 0.963 bits per heavy atom. The number of likely N-dealkylation sites (tertiary alicyclic amines) is 1. The lowest BCUT2D eigenvalue weighted by atomic mass is 10.1. The van der Waals surface area contributed by atoms with Crippen molar-refractivity contribution < 1.29 is 8.42 Å². The molecule has 5 rings (SSSR count). The molecule has 140 valence electrons. The van der Waals surface area contributed by atoms with E-state index < -0.39 is 10.0 Å². The molecule has 2 saturated heterocycles. The quantitative estimate of drug-likeness (QED) is 0.699. The number of piperazine rings is 1. The molecule has 0 amide bonds. The van der Waals surface area contributed by atoms with E-state index in [1.165, 1.54) is 10.4 Å². The van der Waals surface area contributed by atoms with Crippen LogP contribution in [-0.4, -0.2) is 49.5 Å². The maximum Gasteiger partial charge on any atom is 0.268 e. The monoisotopic (exact) mass is 381 g/mol. The summed E-state index contributed by atoms with van der Waals surface area (Å²) in [5, 5.41) is 1.00. The van der Waals surface area contributed by atoms with Crippen molar-refractivity contribution in [2.24, 2.45) is 0 Å². The summed E-state index contributed by atoms with van der Waals surface area (Å²) < 4.78 is 28.0. The van der Waals surface area contributed by atoms with Gasteiger partial charge in [0.2, 0.25) is 0 Å². The maximum atomic E-state index is 13.3. The van der Waals surface area contributed by atoms with Crippen molar-refractivity contribution in [3.63, 3.8) is 0 Å². The lowest BCUT2D eigenvalue weighted by Crippen LogP contribution is -2.44. The molecule has 27 heavy (non-hydrogen) atoms. The van der Waals surface area contributed by atoms with E-state index in [1.807, 2.05) is 37.3 Å². The van der Waals surface area contributed by atoms with Gasteiger partial charge in [-0.1, -0.05) is 24.3 Å². The van der Waals surface area contributed by atoms with Gasteiger partial charge in [-0.3, -0.25) is 4.90 Å². The minimum absolute atomic E-state index is 0.356. The van der Waals surface area contributed by atoms with Crippen LogP contribution in [0.4, 0.5) is 5.69 Å². The molecule has 6 heteroatoms. The van der Waals surface area contributed by atoms with Crippen molar-refractivity contribution in [3.8, 4) is 0 Å². The van der Waals surface area contributed by atoms with Crippen LogP contribution in [0.3, 0.4) is 0 Å². The number of rotatable bonds is 3. The third-order valence-corrected chi connectivity index (χ3v) is 7.98. The molecule has 3 heterocycles. The molecule has 5 nitrogen and oxygen atoms in total. The number of fused-ring (bicyclic) bond motifs is 3. The number of nitrogens with zero attached hydrogens (tertiary/aromatic N) is 3. The van der Waals surface area contributed by atoms with E-state index >= 15 is 0 Å². The van der Waals surface area contributed by atoms with Crippen molar-refractivity contribution in [1.82, 2.24) is 8.87 Å². The Morgan fingerprint density at radius 2 is 1.78 bits per heavy atom. The number of aryl methyl sites for hydroxylation is 1. The van der Waals surface area contributed by atoms with Gasteiger partial charge in [-0.15, -0.1) is 0 Å². The highest BCUT2D eigenvalue weighted by Crippen LogP contribution is 2.38. The topological polar surface area (TPSA) is 45.6 Å². The van der Waals surface area contributed by atoms with Crippen LogP contribution in [0.25, 0.3) is 10.9 Å². The van der Waals surface area contributed by atoms with E-state index in [9.17, 15) is 8.42 Å². The van der Waals surface area contributed by atoms with Crippen molar-refractivity contribution >= 4 is 26.6 Å². The second-order valence-electron chi connectivity index (χ2n) is 7.73. The molecule has 2 fully saturated rings. The fourth-order valence-electron chi connectivity index (χ4n) is 4.70. The molecule has 0 saturated carbocycles. The van der Waals surface area contributed by atoms with Crippen LogP contribution >= 0.6 is 0 Å². The first-order valence-electron chi connectivity index (χ1n) is 9.35. The highest BCUT2D eigenvalue weighted by atomic mass is 32.2. The van der Waals surface area contributed by atoms with Crippen molar-refractivity contribution in [3.05, 3.63) is 60.3 Å². The second-order valence-corrected chi connectivity index (χ2v) is 9.51. The summed E-state index contributed by atoms with van der Waals surface area (Å²) in [6.45, 7) is 3.92. The van der Waals surface area contributed by atoms with Crippen LogP contribution in [0.15, 0.2) is 59.6 Å². The highest BCUT2D eigenvalue weighted by molar-refractivity contribution is 7.90. The first-order valence-corrected chi connectivity index (χ1v) is 10.8. The zero-order valence-electron chi connectivity index (χ0n) is 15.5. The number of hydrogen-bond donors (Lipinski definition) is 0. The van der Waals surface area contributed by atoms with Gasteiger partial charge in [0, 0.05) is 42.4 Å². The maximum absolute atomic E-state index is 13.3. The van der Waals surface area contributed by atoms with E-state index in [1.54, 1.807) is 18.3 Å². The van der Waals surface area contributed by atoms with Gasteiger partial charge in [0.1, 0.15) is 0 Å². The van der Waals surface area contributed by atoms with Crippen LogP contribution in [0.5, 0.6) is 0 Å². The predicted molar refractivity (Wildman–Crippen MR) is 108 cm³/mol. The standard InChI is InChI=1S/C21H23N3O2S/c1-15-6-3-4-9-21(15)27(25,26)24-11-10-18-19(7-5-8-20(18)24)23-14-16-12-17(23)13-22(16)2/h3-11,16-17H,12-14H2,1-2H3. The molecule has 0 N–H and O–H groups in total. The summed E-state index contributed by atoms with van der Waals surface area (Å²) >= 11 is 0. The third-order valence-electron chi connectivity index (χ3n) is 6.13. The summed E-state index contributed by atoms with van der Waals surface area (Å²) in [4.78, 5) is 5.24. The normalized spacial score (nSPS) is 22.8. The Labute approximate surface area is 159 Å². The molecular weight excluding hydrogens is 358 g/mol. The Hall–Kier alpha value is -2.31. The lowest BCUT2D eigenvalue weighted by Gasteiger charge is -2.34. The largest absolute Gasteiger partial charge is 0.365 e. The minimum atomic E-state index is -3.62. The zero-order chi connectivity index (χ0) is 18.8. The average Bonchev–Trinajstić information content (AvgIpc) is 3.34. The Balaban J connectivity index is 1.62. The predicted octanol–water partition coefficient (Wildman–Crippen LogP) is 3.08. The number of benzene rings is 2. The number of aromatic nitrogens is 1. The second kappa shape index (κ2) is 5.84. The molecule has 0 spiro atoms. The summed E-state index contributed by atoms with van der Waals surface area (Å²) in [7, 11) is -1.43. The summed E-state index contributed by atoms with van der Waals surface area (Å²) in [6, 6.07) is 16.2. The fourth-order valence-corrected chi connectivity index (χ4v) is 6.28. The third kappa shape index (κ3) is 2.43. The van der Waals surface area contributed by atoms with E-state index in [4.69, 9.17) is 0 Å². The van der Waals surface area contributed by atoms with Crippen molar-refractivity contribution in [2.45, 2.75) is 30.3 Å². The molecule has 2 bridgehead atoms. The summed E-state index contributed by atoms with van der Waals surface area (Å²) in [5.41, 5.74) is 2.65. The van der Waals surface area contributed by atoms with Gasteiger partial charge in [-0.2, -0.15) is 0 Å². The van der Waals surface area contributed by atoms with Crippen LogP contribution < -0.4 is 4.90 Å². The Bertz CT molecular complexity index is 1130. The number of anilines is 1.